The molecule has 1 aliphatic rings. The van der Waals surface area contributed by atoms with E-state index in [0.29, 0.717) is 5.25 Å². The molecule has 0 saturated heterocycles. The number of hydrogen-bond donors (Lipinski definition) is 0. The molecule has 3 heteroatoms. The molecule has 0 aliphatic heterocycles. The van der Waals surface area contributed by atoms with Crippen LogP contribution in [0.4, 0.5) is 0 Å². The Bertz CT molecular complexity index is 356. The lowest BCUT2D eigenvalue weighted by Crippen LogP contribution is -2.13. The molecule has 1 saturated carbocycles. The number of thiocyanates is 1. The van der Waals surface area contributed by atoms with E-state index >= 15 is 0 Å². The Balaban J connectivity index is 1.91. The van der Waals surface area contributed by atoms with E-state index in [2.05, 4.69) is 24.5 Å². The van der Waals surface area contributed by atoms with Crippen molar-refractivity contribution < 1.29 is 0 Å². The van der Waals surface area contributed by atoms with Crippen LogP contribution in [0.15, 0.2) is 12.1 Å². The van der Waals surface area contributed by atoms with Crippen molar-refractivity contribution in [2.75, 3.05) is 0 Å². The first-order valence-corrected chi connectivity index (χ1v) is 7.10. The molecule has 80 valence electrons. The molecule has 1 aromatic rings. The Labute approximate surface area is 99.5 Å². The van der Waals surface area contributed by atoms with E-state index in [1.165, 1.54) is 42.3 Å². The maximum absolute atomic E-state index is 8.62. The van der Waals surface area contributed by atoms with Crippen LogP contribution in [0, 0.1) is 17.6 Å². The van der Waals surface area contributed by atoms with E-state index in [1.54, 1.807) is 4.88 Å². The standard InChI is InChI=1S/C12H15NS2/c1-9-2-7-12(15-9)10-3-5-11(6-4-10)14-8-13/h2,7,10-11H,3-6H2,1H3. The second-order valence-corrected chi connectivity index (χ2v) is 6.54. The van der Waals surface area contributed by atoms with Gasteiger partial charge in [0.2, 0.25) is 0 Å². The average Bonchev–Trinajstić information content (AvgIpc) is 2.67. The van der Waals surface area contributed by atoms with Crippen molar-refractivity contribution >= 4 is 23.1 Å². The molecule has 1 fully saturated rings. The summed E-state index contributed by atoms with van der Waals surface area (Å²) in [4.78, 5) is 2.96. The molecule has 0 amide bonds. The van der Waals surface area contributed by atoms with Crippen molar-refractivity contribution in [3.63, 3.8) is 0 Å². The van der Waals surface area contributed by atoms with Gasteiger partial charge < -0.3 is 0 Å². The highest BCUT2D eigenvalue weighted by atomic mass is 32.2. The zero-order valence-electron chi connectivity index (χ0n) is 8.90. The normalized spacial score (nSPS) is 26.1. The number of thioether (sulfide) groups is 1. The number of aryl methyl sites for hydroxylation is 1. The minimum atomic E-state index is 0.590. The lowest BCUT2D eigenvalue weighted by Gasteiger charge is -2.25. The van der Waals surface area contributed by atoms with Crippen LogP contribution in [0.25, 0.3) is 0 Å². The summed E-state index contributed by atoms with van der Waals surface area (Å²) in [5.74, 6) is 0.763. The van der Waals surface area contributed by atoms with E-state index in [0.717, 1.165) is 5.92 Å². The highest BCUT2D eigenvalue weighted by molar-refractivity contribution is 8.04. The molecule has 0 radical (unpaired) electrons. The lowest BCUT2D eigenvalue weighted by atomic mass is 9.88. The molecule has 0 spiro atoms. The largest absolute Gasteiger partial charge is 0.185 e. The van der Waals surface area contributed by atoms with Gasteiger partial charge in [0.15, 0.2) is 0 Å². The van der Waals surface area contributed by atoms with E-state index in [9.17, 15) is 0 Å². The molecule has 15 heavy (non-hydrogen) atoms. The first kappa shape index (κ1) is 11.0. The van der Waals surface area contributed by atoms with Gasteiger partial charge in [-0.05, 0) is 62.4 Å². The smallest absolute Gasteiger partial charge is 0.133 e. The molecule has 0 atom stereocenters. The molecule has 0 N–H and O–H groups in total. The third-order valence-electron chi connectivity index (χ3n) is 3.06. The summed E-state index contributed by atoms with van der Waals surface area (Å²) >= 11 is 3.40. The first-order valence-electron chi connectivity index (χ1n) is 5.40. The van der Waals surface area contributed by atoms with E-state index in [4.69, 9.17) is 5.26 Å². The number of nitriles is 1. The molecule has 1 aliphatic carbocycles. The van der Waals surface area contributed by atoms with Gasteiger partial charge in [-0.3, -0.25) is 0 Å². The van der Waals surface area contributed by atoms with Gasteiger partial charge >= 0.3 is 0 Å². The highest BCUT2D eigenvalue weighted by Crippen LogP contribution is 2.39. The fourth-order valence-electron chi connectivity index (χ4n) is 2.21. The quantitative estimate of drug-likeness (QED) is 0.716. The van der Waals surface area contributed by atoms with Crippen LogP contribution in [-0.2, 0) is 0 Å². The first-order chi connectivity index (χ1) is 7.29. The van der Waals surface area contributed by atoms with Gasteiger partial charge in [-0.1, -0.05) is 0 Å². The summed E-state index contributed by atoms with van der Waals surface area (Å²) in [6, 6.07) is 4.50. The summed E-state index contributed by atoms with van der Waals surface area (Å²) in [6.45, 7) is 2.17. The Hall–Kier alpha value is -0.460. The zero-order valence-corrected chi connectivity index (χ0v) is 10.5. The minimum Gasteiger partial charge on any atom is -0.185 e. The van der Waals surface area contributed by atoms with Crippen molar-refractivity contribution in [1.82, 2.24) is 0 Å². The predicted molar refractivity (Wildman–Crippen MR) is 67.3 cm³/mol. The van der Waals surface area contributed by atoms with Crippen molar-refractivity contribution in [3.8, 4) is 5.40 Å². The van der Waals surface area contributed by atoms with Crippen LogP contribution in [0.5, 0.6) is 0 Å². The van der Waals surface area contributed by atoms with Gasteiger partial charge in [0.05, 0.1) is 0 Å². The summed E-state index contributed by atoms with van der Waals surface area (Å²) in [5, 5.41) is 11.4. The summed E-state index contributed by atoms with van der Waals surface area (Å²) in [7, 11) is 0. The Morgan fingerprint density at radius 3 is 2.60 bits per heavy atom. The van der Waals surface area contributed by atoms with Crippen LogP contribution < -0.4 is 0 Å². The maximum atomic E-state index is 8.62. The van der Waals surface area contributed by atoms with Gasteiger partial charge in [-0.15, -0.1) is 11.3 Å². The average molecular weight is 237 g/mol. The molecule has 1 heterocycles. The fraction of sp³-hybridized carbons (Fsp3) is 0.583. The van der Waals surface area contributed by atoms with Crippen LogP contribution in [-0.4, -0.2) is 5.25 Å². The molecule has 1 nitrogen and oxygen atoms in total. The van der Waals surface area contributed by atoms with E-state index in [-0.39, 0.29) is 0 Å². The predicted octanol–water partition coefficient (Wildman–Crippen LogP) is 4.30. The van der Waals surface area contributed by atoms with Crippen LogP contribution in [0.3, 0.4) is 0 Å². The second-order valence-electron chi connectivity index (χ2n) is 4.13. The van der Waals surface area contributed by atoms with Gasteiger partial charge in [0.1, 0.15) is 5.40 Å². The second kappa shape index (κ2) is 5.05. The van der Waals surface area contributed by atoms with Crippen LogP contribution >= 0.6 is 23.1 Å². The summed E-state index contributed by atoms with van der Waals surface area (Å²) in [6.07, 6.45) is 4.94. The van der Waals surface area contributed by atoms with Crippen molar-refractivity contribution in [2.45, 2.75) is 43.8 Å². The SMILES string of the molecule is Cc1ccc(C2CCC(SC#N)CC2)s1. The fourth-order valence-corrected chi connectivity index (χ4v) is 3.92. The molecular weight excluding hydrogens is 222 g/mol. The third-order valence-corrected chi connectivity index (χ3v) is 5.13. The van der Waals surface area contributed by atoms with Gasteiger partial charge in [0.25, 0.3) is 0 Å². The molecule has 0 aromatic carbocycles. The number of rotatable bonds is 2. The number of thiophene rings is 1. The topological polar surface area (TPSA) is 23.8 Å². The molecule has 0 bridgehead atoms. The molecule has 1 aromatic heterocycles. The van der Waals surface area contributed by atoms with Gasteiger partial charge in [-0.2, -0.15) is 5.26 Å². The third kappa shape index (κ3) is 2.76. The summed E-state index contributed by atoms with van der Waals surface area (Å²) in [5.41, 5.74) is 0. The van der Waals surface area contributed by atoms with Crippen LogP contribution in [0.2, 0.25) is 0 Å². The molecule has 2 rings (SSSR count). The lowest BCUT2D eigenvalue weighted by molar-refractivity contribution is 0.459. The van der Waals surface area contributed by atoms with Crippen LogP contribution in [0.1, 0.15) is 41.4 Å². The van der Waals surface area contributed by atoms with E-state index in [1.807, 2.05) is 11.3 Å². The Morgan fingerprint density at radius 1 is 1.33 bits per heavy atom. The monoisotopic (exact) mass is 237 g/mol. The highest BCUT2D eigenvalue weighted by Gasteiger charge is 2.23. The minimum absolute atomic E-state index is 0.590. The maximum Gasteiger partial charge on any atom is 0.133 e. The Morgan fingerprint density at radius 2 is 2.07 bits per heavy atom. The van der Waals surface area contributed by atoms with Gasteiger partial charge in [0, 0.05) is 15.0 Å². The number of nitrogens with zero attached hydrogens (tertiary/aromatic N) is 1. The molecular formula is C12H15NS2. The molecule has 0 unspecified atom stereocenters. The van der Waals surface area contributed by atoms with Crippen molar-refractivity contribution in [1.29, 1.82) is 5.26 Å². The Kier molecular flexibility index (Phi) is 3.71. The van der Waals surface area contributed by atoms with E-state index < -0.39 is 0 Å². The van der Waals surface area contributed by atoms with Crippen molar-refractivity contribution in [2.24, 2.45) is 0 Å². The zero-order chi connectivity index (χ0) is 10.7. The van der Waals surface area contributed by atoms with Gasteiger partial charge in [-0.25, -0.2) is 0 Å². The summed E-state index contributed by atoms with van der Waals surface area (Å²) < 4.78 is 0. The van der Waals surface area contributed by atoms with Crippen molar-refractivity contribution in [3.05, 3.63) is 21.9 Å². The number of hydrogen-bond acceptors (Lipinski definition) is 3.